The number of aliphatic hydroxyl groups is 2. The molecule has 1 saturated heterocycles. The number of aliphatic hydroxyl groups excluding tert-OH is 2. The lowest BCUT2D eigenvalue weighted by Crippen LogP contribution is -2.49. The number of carbonyl (C=O) groups is 1. The Morgan fingerprint density at radius 3 is 2.31 bits per heavy atom. The first-order chi connectivity index (χ1) is 6.29. The molecule has 0 aliphatic carbocycles. The lowest BCUT2D eigenvalue weighted by molar-refractivity contribution is -0.138. The normalized spacial score (nSPS) is 17.9. The first-order valence-electron chi connectivity index (χ1n) is 4.50. The predicted molar refractivity (Wildman–Crippen MR) is 47.1 cm³/mol. The number of rotatable bonds is 3. The van der Waals surface area contributed by atoms with Crippen LogP contribution in [-0.2, 0) is 4.79 Å². The van der Waals surface area contributed by atoms with E-state index in [1.165, 1.54) is 0 Å². The summed E-state index contributed by atoms with van der Waals surface area (Å²) in [4.78, 5) is 13.2. The second-order valence-electron chi connectivity index (χ2n) is 3.14. The van der Waals surface area contributed by atoms with Gasteiger partial charge in [0, 0.05) is 26.2 Å². The van der Waals surface area contributed by atoms with Gasteiger partial charge < -0.3 is 20.4 Å². The first kappa shape index (κ1) is 10.4. The van der Waals surface area contributed by atoms with Gasteiger partial charge in [-0.1, -0.05) is 0 Å². The molecule has 13 heavy (non-hydrogen) atoms. The number of amides is 1. The molecule has 76 valence electrons. The number of carbonyl (C=O) groups excluding carboxylic acids is 1. The van der Waals surface area contributed by atoms with Gasteiger partial charge in [-0.3, -0.25) is 4.79 Å². The van der Waals surface area contributed by atoms with Gasteiger partial charge in [-0.15, -0.1) is 0 Å². The van der Waals surface area contributed by atoms with Gasteiger partial charge in [0.05, 0.1) is 19.1 Å². The van der Waals surface area contributed by atoms with Crippen LogP contribution in [0.15, 0.2) is 0 Å². The Bertz CT molecular complexity index is 165. The van der Waals surface area contributed by atoms with Crippen LogP contribution in [-0.4, -0.2) is 60.4 Å². The standard InChI is InChI=1S/C8H16N2O3/c11-5-7(6-12)8(13)10-3-1-9-2-4-10/h7,9,11-12H,1-6H2. The third-order valence-electron chi connectivity index (χ3n) is 2.22. The zero-order valence-electron chi connectivity index (χ0n) is 7.57. The Kier molecular flexibility index (Phi) is 4.14. The van der Waals surface area contributed by atoms with E-state index in [-0.39, 0.29) is 19.1 Å². The molecule has 5 nitrogen and oxygen atoms in total. The fourth-order valence-corrected chi connectivity index (χ4v) is 1.36. The van der Waals surface area contributed by atoms with Crippen molar-refractivity contribution in [3.05, 3.63) is 0 Å². The van der Waals surface area contributed by atoms with Crippen LogP contribution in [0.4, 0.5) is 0 Å². The maximum absolute atomic E-state index is 11.5. The highest BCUT2D eigenvalue weighted by Crippen LogP contribution is 2.03. The maximum atomic E-state index is 11.5. The minimum atomic E-state index is -0.641. The van der Waals surface area contributed by atoms with E-state index >= 15 is 0 Å². The molecule has 1 amide bonds. The summed E-state index contributed by atoms with van der Waals surface area (Å²) in [7, 11) is 0. The van der Waals surface area contributed by atoms with Gasteiger partial charge in [0.25, 0.3) is 0 Å². The molecule has 0 radical (unpaired) electrons. The van der Waals surface area contributed by atoms with Crippen LogP contribution in [0.5, 0.6) is 0 Å². The number of hydrogen-bond acceptors (Lipinski definition) is 4. The molecule has 0 saturated carbocycles. The van der Waals surface area contributed by atoms with Gasteiger partial charge >= 0.3 is 0 Å². The summed E-state index contributed by atoms with van der Waals surface area (Å²) in [5, 5.41) is 20.7. The summed E-state index contributed by atoms with van der Waals surface area (Å²) in [5.41, 5.74) is 0. The molecule has 0 aromatic heterocycles. The van der Waals surface area contributed by atoms with Crippen molar-refractivity contribution in [3.8, 4) is 0 Å². The molecule has 1 aliphatic heterocycles. The molecule has 1 aliphatic rings. The van der Waals surface area contributed by atoms with Gasteiger partial charge in [0.15, 0.2) is 0 Å². The summed E-state index contributed by atoms with van der Waals surface area (Å²) < 4.78 is 0. The average Bonchev–Trinajstić information content (AvgIpc) is 2.21. The second kappa shape index (κ2) is 5.16. The summed E-state index contributed by atoms with van der Waals surface area (Å²) >= 11 is 0. The minimum absolute atomic E-state index is 0.147. The lowest BCUT2D eigenvalue weighted by Gasteiger charge is -2.29. The Morgan fingerprint density at radius 2 is 1.85 bits per heavy atom. The SMILES string of the molecule is O=C(C(CO)CO)N1CCNCC1. The topological polar surface area (TPSA) is 72.8 Å². The van der Waals surface area contributed by atoms with Crippen LogP contribution in [0.2, 0.25) is 0 Å². The zero-order chi connectivity index (χ0) is 9.68. The monoisotopic (exact) mass is 188 g/mol. The van der Waals surface area contributed by atoms with Crippen LogP contribution in [0.25, 0.3) is 0 Å². The second-order valence-corrected chi connectivity index (χ2v) is 3.14. The van der Waals surface area contributed by atoms with E-state index in [2.05, 4.69) is 5.32 Å². The molecule has 1 fully saturated rings. The van der Waals surface area contributed by atoms with Gasteiger partial charge in [-0.25, -0.2) is 0 Å². The van der Waals surface area contributed by atoms with Crippen LogP contribution < -0.4 is 5.32 Å². The highest BCUT2D eigenvalue weighted by Gasteiger charge is 2.23. The van der Waals surface area contributed by atoms with Gasteiger partial charge in [0.1, 0.15) is 0 Å². The van der Waals surface area contributed by atoms with E-state index in [0.29, 0.717) is 13.1 Å². The van der Waals surface area contributed by atoms with E-state index in [4.69, 9.17) is 10.2 Å². The van der Waals surface area contributed by atoms with Crippen molar-refractivity contribution in [2.24, 2.45) is 5.92 Å². The Labute approximate surface area is 77.3 Å². The highest BCUT2D eigenvalue weighted by atomic mass is 16.3. The molecule has 5 heteroatoms. The molecule has 0 atom stereocenters. The van der Waals surface area contributed by atoms with E-state index in [1.54, 1.807) is 4.90 Å². The van der Waals surface area contributed by atoms with Crippen molar-refractivity contribution >= 4 is 5.91 Å². The third kappa shape index (κ3) is 2.65. The van der Waals surface area contributed by atoms with Crippen LogP contribution >= 0.6 is 0 Å². The predicted octanol–water partition coefficient (Wildman–Crippen LogP) is -1.98. The smallest absolute Gasteiger partial charge is 0.230 e. The van der Waals surface area contributed by atoms with E-state index in [9.17, 15) is 4.79 Å². The van der Waals surface area contributed by atoms with Crippen molar-refractivity contribution in [2.45, 2.75) is 0 Å². The van der Waals surface area contributed by atoms with Crippen LogP contribution in [0.1, 0.15) is 0 Å². The number of nitrogens with one attached hydrogen (secondary N) is 1. The molecule has 0 spiro atoms. The number of nitrogens with zero attached hydrogens (tertiary/aromatic N) is 1. The summed E-state index contributed by atoms with van der Waals surface area (Å²) in [6.07, 6.45) is 0. The van der Waals surface area contributed by atoms with Crippen molar-refractivity contribution in [2.75, 3.05) is 39.4 Å². The van der Waals surface area contributed by atoms with Crippen LogP contribution in [0, 0.1) is 5.92 Å². The summed E-state index contributed by atoms with van der Waals surface area (Å²) in [6, 6.07) is 0. The van der Waals surface area contributed by atoms with Gasteiger partial charge in [-0.05, 0) is 0 Å². The molecule has 1 heterocycles. The van der Waals surface area contributed by atoms with Gasteiger partial charge in [0.2, 0.25) is 5.91 Å². The van der Waals surface area contributed by atoms with Crippen LogP contribution in [0.3, 0.4) is 0 Å². The number of hydrogen-bond donors (Lipinski definition) is 3. The minimum Gasteiger partial charge on any atom is -0.395 e. The molecule has 1 rings (SSSR count). The Morgan fingerprint density at radius 1 is 1.31 bits per heavy atom. The average molecular weight is 188 g/mol. The molecule has 0 aromatic rings. The van der Waals surface area contributed by atoms with E-state index in [1.807, 2.05) is 0 Å². The first-order valence-corrected chi connectivity index (χ1v) is 4.50. The van der Waals surface area contributed by atoms with E-state index < -0.39 is 5.92 Å². The largest absolute Gasteiger partial charge is 0.395 e. The Balaban J connectivity index is 2.44. The fraction of sp³-hybridized carbons (Fsp3) is 0.875. The quantitative estimate of drug-likeness (QED) is 0.480. The van der Waals surface area contributed by atoms with Crippen molar-refractivity contribution in [3.63, 3.8) is 0 Å². The zero-order valence-corrected chi connectivity index (χ0v) is 7.57. The molecule has 0 aromatic carbocycles. The van der Waals surface area contributed by atoms with Gasteiger partial charge in [-0.2, -0.15) is 0 Å². The third-order valence-corrected chi connectivity index (χ3v) is 2.22. The summed E-state index contributed by atoms with van der Waals surface area (Å²) in [5.74, 6) is -0.787. The molecule has 0 unspecified atom stereocenters. The van der Waals surface area contributed by atoms with Crippen molar-refractivity contribution < 1.29 is 15.0 Å². The molecule has 0 bridgehead atoms. The lowest BCUT2D eigenvalue weighted by atomic mass is 10.1. The Hall–Kier alpha value is -0.650. The number of piperazine rings is 1. The molecule has 3 N–H and O–H groups in total. The molecular formula is C8H16N2O3. The van der Waals surface area contributed by atoms with E-state index in [0.717, 1.165) is 13.1 Å². The highest BCUT2D eigenvalue weighted by molar-refractivity contribution is 5.79. The van der Waals surface area contributed by atoms with Crippen molar-refractivity contribution in [1.82, 2.24) is 10.2 Å². The fourth-order valence-electron chi connectivity index (χ4n) is 1.36. The summed E-state index contributed by atoms with van der Waals surface area (Å²) in [6.45, 7) is 2.34. The molecular weight excluding hydrogens is 172 g/mol. The van der Waals surface area contributed by atoms with Crippen molar-refractivity contribution in [1.29, 1.82) is 0 Å². The maximum Gasteiger partial charge on any atom is 0.230 e.